The normalized spacial score (nSPS) is 24.3. The number of rotatable bonds is 5. The summed E-state index contributed by atoms with van der Waals surface area (Å²) in [6.45, 7) is 4.02. The van der Waals surface area contributed by atoms with Crippen molar-refractivity contribution in [1.29, 1.82) is 0 Å². The predicted octanol–water partition coefficient (Wildman–Crippen LogP) is 3.75. The van der Waals surface area contributed by atoms with E-state index in [0.717, 1.165) is 48.5 Å². The fourth-order valence-electron chi connectivity index (χ4n) is 4.50. The first-order valence-corrected chi connectivity index (χ1v) is 11.0. The highest BCUT2D eigenvalue weighted by Gasteiger charge is 2.50. The van der Waals surface area contributed by atoms with Crippen LogP contribution in [0.4, 0.5) is 4.79 Å². The van der Waals surface area contributed by atoms with E-state index >= 15 is 0 Å². The number of carbonyl (C=O) groups excluding carboxylic acids is 3. The average molecular weight is 424 g/mol. The highest BCUT2D eigenvalue weighted by molar-refractivity contribution is 6.09. The third-order valence-electron chi connectivity index (χ3n) is 6.35. The number of aryl methyl sites for hydroxylation is 1. The monoisotopic (exact) mass is 423 g/mol. The van der Waals surface area contributed by atoms with Gasteiger partial charge in [0.2, 0.25) is 5.91 Å². The molecule has 0 aliphatic carbocycles. The van der Waals surface area contributed by atoms with Crippen molar-refractivity contribution >= 4 is 17.8 Å². The lowest BCUT2D eigenvalue weighted by Crippen LogP contribution is -2.45. The number of imide groups is 1. The maximum atomic E-state index is 13.3. The number of nitrogens with zero attached hydrogens (tertiary/aromatic N) is 2. The van der Waals surface area contributed by atoms with Gasteiger partial charge in [-0.25, -0.2) is 4.79 Å². The van der Waals surface area contributed by atoms with E-state index in [1.807, 2.05) is 37.3 Å². The molecule has 7 nitrogen and oxygen atoms in total. The largest absolute Gasteiger partial charge is 0.464 e. The maximum absolute atomic E-state index is 13.3. The first-order chi connectivity index (χ1) is 14.9. The lowest BCUT2D eigenvalue weighted by molar-refractivity contribution is -0.140. The fourth-order valence-corrected chi connectivity index (χ4v) is 4.50. The third-order valence-corrected chi connectivity index (χ3v) is 6.35. The van der Waals surface area contributed by atoms with Crippen LogP contribution in [0, 0.1) is 0 Å². The molecule has 0 bridgehead atoms. The molecule has 3 heterocycles. The molecule has 2 atom stereocenters. The molecule has 1 aromatic carbocycles. The van der Waals surface area contributed by atoms with Gasteiger partial charge in [-0.05, 0) is 37.5 Å². The van der Waals surface area contributed by atoms with Gasteiger partial charge in [0.05, 0.1) is 6.04 Å². The Labute approximate surface area is 182 Å². The molecule has 2 fully saturated rings. The summed E-state index contributed by atoms with van der Waals surface area (Å²) in [6.07, 6.45) is 4.54. The SMILES string of the molecule is CCc1ccc(C2CCCCCN2C(=O)CN2C(=O)NC(C)(c3ccccc3)C2=O)o1. The number of carbonyl (C=O) groups is 3. The molecule has 0 radical (unpaired) electrons. The number of amides is 4. The van der Waals surface area contributed by atoms with E-state index in [2.05, 4.69) is 5.32 Å². The summed E-state index contributed by atoms with van der Waals surface area (Å²) >= 11 is 0. The zero-order chi connectivity index (χ0) is 22.0. The molecule has 2 aromatic rings. The van der Waals surface area contributed by atoms with Crippen molar-refractivity contribution < 1.29 is 18.8 Å². The van der Waals surface area contributed by atoms with Crippen molar-refractivity contribution in [3.8, 4) is 0 Å². The van der Waals surface area contributed by atoms with Gasteiger partial charge in [0, 0.05) is 13.0 Å². The van der Waals surface area contributed by atoms with Crippen molar-refractivity contribution in [3.63, 3.8) is 0 Å². The number of hydrogen-bond acceptors (Lipinski definition) is 4. The third kappa shape index (κ3) is 3.96. The van der Waals surface area contributed by atoms with Gasteiger partial charge in [-0.15, -0.1) is 0 Å². The van der Waals surface area contributed by atoms with Gasteiger partial charge in [0.1, 0.15) is 23.6 Å². The maximum Gasteiger partial charge on any atom is 0.325 e. The Hall–Kier alpha value is -3.09. The van der Waals surface area contributed by atoms with E-state index in [4.69, 9.17) is 4.42 Å². The Morgan fingerprint density at radius 3 is 2.61 bits per heavy atom. The molecule has 2 saturated heterocycles. The van der Waals surface area contributed by atoms with Crippen LogP contribution >= 0.6 is 0 Å². The van der Waals surface area contributed by atoms with Gasteiger partial charge in [0.15, 0.2) is 0 Å². The summed E-state index contributed by atoms with van der Waals surface area (Å²) in [5.41, 5.74) is -0.480. The van der Waals surface area contributed by atoms with Gasteiger partial charge in [-0.2, -0.15) is 0 Å². The predicted molar refractivity (Wildman–Crippen MR) is 115 cm³/mol. The van der Waals surface area contributed by atoms with Gasteiger partial charge in [-0.3, -0.25) is 14.5 Å². The highest BCUT2D eigenvalue weighted by Crippen LogP contribution is 2.33. The number of furan rings is 1. The molecule has 31 heavy (non-hydrogen) atoms. The summed E-state index contributed by atoms with van der Waals surface area (Å²) in [6, 6.07) is 12.3. The van der Waals surface area contributed by atoms with Crippen LogP contribution in [0.15, 0.2) is 46.9 Å². The number of hydrogen-bond donors (Lipinski definition) is 1. The molecule has 1 aromatic heterocycles. The molecule has 1 N–H and O–H groups in total. The summed E-state index contributed by atoms with van der Waals surface area (Å²) in [4.78, 5) is 42.0. The zero-order valence-electron chi connectivity index (χ0n) is 18.1. The van der Waals surface area contributed by atoms with Gasteiger partial charge in [0.25, 0.3) is 5.91 Å². The molecule has 7 heteroatoms. The Bertz CT molecular complexity index is 970. The number of likely N-dealkylation sites (tertiary alicyclic amines) is 1. The quantitative estimate of drug-likeness (QED) is 0.743. The average Bonchev–Trinajstić information content (AvgIpc) is 3.23. The van der Waals surface area contributed by atoms with Gasteiger partial charge < -0.3 is 14.6 Å². The highest BCUT2D eigenvalue weighted by atomic mass is 16.3. The first kappa shape index (κ1) is 21.2. The van der Waals surface area contributed by atoms with Crippen LogP contribution in [0.5, 0.6) is 0 Å². The number of benzene rings is 1. The van der Waals surface area contributed by atoms with E-state index in [9.17, 15) is 14.4 Å². The summed E-state index contributed by atoms with van der Waals surface area (Å²) in [5.74, 6) is 1.02. The Morgan fingerprint density at radius 2 is 1.90 bits per heavy atom. The van der Waals surface area contributed by atoms with E-state index in [-0.39, 0.29) is 18.5 Å². The van der Waals surface area contributed by atoms with Crippen LogP contribution in [0.2, 0.25) is 0 Å². The van der Waals surface area contributed by atoms with Gasteiger partial charge in [-0.1, -0.05) is 50.1 Å². The molecule has 4 amide bonds. The number of urea groups is 1. The van der Waals surface area contributed by atoms with Crippen LogP contribution in [0.1, 0.15) is 62.7 Å². The van der Waals surface area contributed by atoms with E-state index in [1.54, 1.807) is 24.0 Å². The second-order valence-electron chi connectivity index (χ2n) is 8.42. The minimum absolute atomic E-state index is 0.170. The van der Waals surface area contributed by atoms with Crippen molar-refractivity contribution in [3.05, 3.63) is 59.5 Å². The standard InChI is InChI=1S/C24H29N3O4/c1-3-18-13-14-20(31-18)19-12-8-5-9-15-26(19)21(28)16-27-22(29)24(2,25-23(27)30)17-10-6-4-7-11-17/h4,6-7,10-11,13-14,19H,3,5,8-9,12,15-16H2,1-2H3,(H,25,30). The molecule has 4 rings (SSSR count). The van der Waals surface area contributed by atoms with Crippen LogP contribution in [-0.4, -0.2) is 40.7 Å². The molecule has 164 valence electrons. The lowest BCUT2D eigenvalue weighted by atomic mass is 9.92. The van der Waals surface area contributed by atoms with Gasteiger partial charge >= 0.3 is 6.03 Å². The van der Waals surface area contributed by atoms with Crippen molar-refractivity contribution in [2.45, 2.75) is 57.5 Å². The second kappa shape index (κ2) is 8.57. The van der Waals surface area contributed by atoms with Crippen LogP contribution < -0.4 is 5.32 Å². The Morgan fingerprint density at radius 1 is 1.13 bits per heavy atom. The molecule has 2 aliphatic heterocycles. The molecular weight excluding hydrogens is 394 g/mol. The Kier molecular flexibility index (Phi) is 5.85. The summed E-state index contributed by atoms with van der Waals surface area (Å²) < 4.78 is 5.96. The molecule has 2 unspecified atom stereocenters. The molecule has 0 saturated carbocycles. The minimum atomic E-state index is -1.17. The zero-order valence-corrected chi connectivity index (χ0v) is 18.1. The summed E-state index contributed by atoms with van der Waals surface area (Å²) in [5, 5.41) is 2.77. The minimum Gasteiger partial charge on any atom is -0.464 e. The first-order valence-electron chi connectivity index (χ1n) is 11.0. The van der Waals surface area contributed by atoms with E-state index < -0.39 is 17.5 Å². The molecule has 0 spiro atoms. The topological polar surface area (TPSA) is 82.9 Å². The summed E-state index contributed by atoms with van der Waals surface area (Å²) in [7, 11) is 0. The lowest BCUT2D eigenvalue weighted by Gasteiger charge is -2.30. The van der Waals surface area contributed by atoms with Crippen LogP contribution in [0.25, 0.3) is 0 Å². The van der Waals surface area contributed by atoms with Crippen molar-refractivity contribution in [2.24, 2.45) is 0 Å². The van der Waals surface area contributed by atoms with Crippen LogP contribution in [-0.2, 0) is 21.5 Å². The fraction of sp³-hybridized carbons (Fsp3) is 0.458. The number of nitrogens with one attached hydrogen (secondary N) is 1. The Balaban J connectivity index is 1.54. The van der Waals surface area contributed by atoms with Crippen LogP contribution in [0.3, 0.4) is 0 Å². The molecule has 2 aliphatic rings. The van der Waals surface area contributed by atoms with E-state index in [0.29, 0.717) is 12.1 Å². The van der Waals surface area contributed by atoms with Crippen molar-refractivity contribution in [1.82, 2.24) is 15.1 Å². The smallest absolute Gasteiger partial charge is 0.325 e. The van der Waals surface area contributed by atoms with Crippen molar-refractivity contribution in [2.75, 3.05) is 13.1 Å². The van der Waals surface area contributed by atoms with E-state index in [1.165, 1.54) is 0 Å². The second-order valence-corrected chi connectivity index (χ2v) is 8.42. The molecular formula is C24H29N3O4.